The van der Waals surface area contributed by atoms with Crippen LogP contribution in [0.2, 0.25) is 5.02 Å². The number of halogens is 1. The van der Waals surface area contributed by atoms with Crippen molar-refractivity contribution in [3.63, 3.8) is 0 Å². The van der Waals surface area contributed by atoms with Gasteiger partial charge in [-0.25, -0.2) is 0 Å². The van der Waals surface area contributed by atoms with Crippen molar-refractivity contribution in [1.29, 1.82) is 0 Å². The second-order valence-electron chi connectivity index (χ2n) is 5.47. The van der Waals surface area contributed by atoms with Crippen LogP contribution in [0, 0.1) is 0 Å². The summed E-state index contributed by atoms with van der Waals surface area (Å²) in [5.41, 5.74) is 4.48. The maximum Gasteiger partial charge on any atom is 0.259 e. The lowest BCUT2D eigenvalue weighted by molar-refractivity contribution is 0.0987. The summed E-state index contributed by atoms with van der Waals surface area (Å²) in [6.45, 7) is 0.591. The summed E-state index contributed by atoms with van der Waals surface area (Å²) in [4.78, 5) is 14.8. The van der Waals surface area contributed by atoms with Crippen molar-refractivity contribution >= 4 is 23.2 Å². The summed E-state index contributed by atoms with van der Waals surface area (Å²) in [5.74, 6) is -0.0823. The van der Waals surface area contributed by atoms with Gasteiger partial charge in [0.1, 0.15) is 0 Å². The maximum atomic E-state index is 13.0. The van der Waals surface area contributed by atoms with Crippen molar-refractivity contribution in [2.75, 3.05) is 11.4 Å². The molecule has 5 heteroatoms. The number of rotatable bonds is 1. The number of benzene rings is 2. The second-order valence-corrected chi connectivity index (χ2v) is 5.88. The highest BCUT2D eigenvalue weighted by Gasteiger charge is 2.26. The molecule has 0 fully saturated rings. The molecule has 1 N–H and O–H groups in total. The van der Waals surface area contributed by atoms with Gasteiger partial charge in [0, 0.05) is 12.1 Å². The summed E-state index contributed by atoms with van der Waals surface area (Å²) in [6.07, 6.45) is 2.58. The van der Waals surface area contributed by atoms with Crippen molar-refractivity contribution in [3.05, 3.63) is 70.9 Å². The maximum absolute atomic E-state index is 13.0. The standard InChI is InChI=1S/C18H14ClN3O/c19-15-7-3-1-5-13(15)18(23)22-10-9-12-11-20-21-17(12)14-6-2-4-8-16(14)22/h1-8,11H,9-10H2,(H,20,21). The normalized spacial score (nSPS) is 13.2. The SMILES string of the molecule is O=C(c1ccccc1Cl)N1CCc2cn[nH]c2-c2ccccc21. The van der Waals surface area contributed by atoms with Gasteiger partial charge in [0.2, 0.25) is 0 Å². The van der Waals surface area contributed by atoms with E-state index in [4.69, 9.17) is 11.6 Å². The lowest BCUT2D eigenvalue weighted by atomic mass is 10.1. The molecule has 1 amide bonds. The van der Waals surface area contributed by atoms with Crippen LogP contribution in [0.3, 0.4) is 0 Å². The third-order valence-electron chi connectivity index (χ3n) is 4.14. The first kappa shape index (κ1) is 14.0. The average Bonchev–Trinajstić information content (AvgIpc) is 2.98. The summed E-state index contributed by atoms with van der Waals surface area (Å²) in [6, 6.07) is 15.0. The molecule has 1 aliphatic rings. The van der Waals surface area contributed by atoms with E-state index in [0.717, 1.165) is 28.9 Å². The molecule has 2 aromatic carbocycles. The highest BCUT2D eigenvalue weighted by molar-refractivity contribution is 6.34. The highest BCUT2D eigenvalue weighted by Crippen LogP contribution is 2.35. The Morgan fingerprint density at radius 3 is 2.78 bits per heavy atom. The Kier molecular flexibility index (Phi) is 3.39. The fraction of sp³-hybridized carbons (Fsp3) is 0.111. The number of hydrogen-bond donors (Lipinski definition) is 1. The molecule has 0 saturated heterocycles. The van der Waals surface area contributed by atoms with Crippen LogP contribution in [-0.4, -0.2) is 22.6 Å². The van der Waals surface area contributed by atoms with Gasteiger partial charge >= 0.3 is 0 Å². The van der Waals surface area contributed by atoms with Gasteiger partial charge in [-0.15, -0.1) is 0 Å². The molecule has 0 unspecified atom stereocenters. The Balaban J connectivity index is 1.83. The predicted octanol–water partition coefficient (Wildman–Crippen LogP) is 3.93. The van der Waals surface area contributed by atoms with Crippen molar-refractivity contribution in [3.8, 4) is 11.3 Å². The first-order chi connectivity index (χ1) is 11.3. The number of hydrogen-bond acceptors (Lipinski definition) is 2. The fourth-order valence-electron chi connectivity index (χ4n) is 3.00. The van der Waals surface area contributed by atoms with Crippen LogP contribution in [0.5, 0.6) is 0 Å². The van der Waals surface area contributed by atoms with E-state index in [1.165, 1.54) is 0 Å². The monoisotopic (exact) mass is 323 g/mol. The number of aromatic amines is 1. The average molecular weight is 324 g/mol. The lowest BCUT2D eigenvalue weighted by Crippen LogP contribution is -2.32. The number of anilines is 1. The molecule has 0 bridgehead atoms. The van der Waals surface area contributed by atoms with Crippen LogP contribution in [0.15, 0.2) is 54.7 Å². The van der Waals surface area contributed by atoms with Crippen LogP contribution in [0.1, 0.15) is 15.9 Å². The van der Waals surface area contributed by atoms with Crippen LogP contribution in [0.4, 0.5) is 5.69 Å². The second kappa shape index (κ2) is 5.56. The zero-order valence-corrected chi connectivity index (χ0v) is 13.0. The smallest absolute Gasteiger partial charge is 0.259 e. The molecule has 1 aliphatic heterocycles. The van der Waals surface area contributed by atoms with E-state index >= 15 is 0 Å². The molecule has 0 aliphatic carbocycles. The molecule has 0 atom stereocenters. The third-order valence-corrected chi connectivity index (χ3v) is 4.47. The van der Waals surface area contributed by atoms with Crippen molar-refractivity contribution in [2.45, 2.75) is 6.42 Å². The topological polar surface area (TPSA) is 49.0 Å². The predicted molar refractivity (Wildman–Crippen MR) is 90.9 cm³/mol. The number of para-hydroxylation sites is 1. The fourth-order valence-corrected chi connectivity index (χ4v) is 3.21. The molecule has 23 heavy (non-hydrogen) atoms. The quantitative estimate of drug-likeness (QED) is 0.737. The van der Waals surface area contributed by atoms with E-state index in [2.05, 4.69) is 10.2 Å². The molecule has 0 spiro atoms. The van der Waals surface area contributed by atoms with E-state index in [-0.39, 0.29) is 5.91 Å². The van der Waals surface area contributed by atoms with Crippen molar-refractivity contribution in [1.82, 2.24) is 10.2 Å². The van der Waals surface area contributed by atoms with Gasteiger partial charge in [0.05, 0.1) is 28.2 Å². The molecule has 114 valence electrons. The van der Waals surface area contributed by atoms with Gasteiger partial charge in [0.15, 0.2) is 0 Å². The number of nitrogens with one attached hydrogen (secondary N) is 1. The van der Waals surface area contributed by atoms with E-state index in [9.17, 15) is 4.79 Å². The van der Waals surface area contributed by atoms with Gasteiger partial charge in [-0.1, -0.05) is 41.9 Å². The van der Waals surface area contributed by atoms with Crippen molar-refractivity contribution in [2.24, 2.45) is 0 Å². The number of carbonyl (C=O) groups excluding carboxylic acids is 1. The van der Waals surface area contributed by atoms with Gasteiger partial charge in [0.25, 0.3) is 5.91 Å². The Morgan fingerprint density at radius 1 is 1.13 bits per heavy atom. The third kappa shape index (κ3) is 2.32. The lowest BCUT2D eigenvalue weighted by Gasteiger charge is -2.23. The highest BCUT2D eigenvalue weighted by atomic mass is 35.5. The minimum Gasteiger partial charge on any atom is -0.307 e. The van der Waals surface area contributed by atoms with Crippen LogP contribution in [0.25, 0.3) is 11.3 Å². The largest absolute Gasteiger partial charge is 0.307 e. The van der Waals surface area contributed by atoms with E-state index in [0.29, 0.717) is 17.1 Å². The Morgan fingerprint density at radius 2 is 1.91 bits per heavy atom. The molecular formula is C18H14ClN3O. The molecular weight excluding hydrogens is 310 g/mol. The van der Waals surface area contributed by atoms with Gasteiger partial charge in [-0.3, -0.25) is 9.89 Å². The molecule has 0 saturated carbocycles. The molecule has 2 heterocycles. The zero-order valence-electron chi connectivity index (χ0n) is 12.3. The van der Waals surface area contributed by atoms with E-state index in [1.54, 1.807) is 17.0 Å². The Labute approximate surface area is 138 Å². The number of carbonyl (C=O) groups is 1. The number of nitrogens with zero attached hydrogens (tertiary/aromatic N) is 2. The van der Waals surface area contributed by atoms with Gasteiger partial charge in [-0.05, 0) is 30.2 Å². The van der Waals surface area contributed by atoms with Gasteiger partial charge < -0.3 is 4.90 Å². The first-order valence-electron chi connectivity index (χ1n) is 7.44. The Hall–Kier alpha value is -2.59. The van der Waals surface area contributed by atoms with Crippen LogP contribution >= 0.6 is 11.6 Å². The summed E-state index contributed by atoms with van der Waals surface area (Å²) >= 11 is 6.21. The number of amides is 1. The summed E-state index contributed by atoms with van der Waals surface area (Å²) in [7, 11) is 0. The number of aromatic nitrogens is 2. The molecule has 3 aromatic rings. The van der Waals surface area contributed by atoms with Crippen LogP contribution in [-0.2, 0) is 6.42 Å². The molecule has 0 radical (unpaired) electrons. The number of fused-ring (bicyclic) bond motifs is 3. The van der Waals surface area contributed by atoms with E-state index in [1.807, 2.05) is 42.6 Å². The minimum atomic E-state index is -0.0823. The minimum absolute atomic E-state index is 0.0823. The van der Waals surface area contributed by atoms with Crippen LogP contribution < -0.4 is 4.90 Å². The van der Waals surface area contributed by atoms with Gasteiger partial charge in [-0.2, -0.15) is 5.10 Å². The van der Waals surface area contributed by atoms with E-state index < -0.39 is 0 Å². The van der Waals surface area contributed by atoms with Crippen molar-refractivity contribution < 1.29 is 4.79 Å². The zero-order chi connectivity index (χ0) is 15.8. The number of H-pyrrole nitrogens is 1. The molecule has 1 aromatic heterocycles. The molecule has 4 nitrogen and oxygen atoms in total. The molecule has 4 rings (SSSR count). The summed E-state index contributed by atoms with van der Waals surface area (Å²) in [5, 5.41) is 7.66. The first-order valence-corrected chi connectivity index (χ1v) is 7.81. The Bertz CT molecular complexity index is 887. The summed E-state index contributed by atoms with van der Waals surface area (Å²) < 4.78 is 0.